The number of para-hydroxylation sites is 1. The van der Waals surface area contributed by atoms with E-state index in [1.165, 1.54) is 0 Å². The monoisotopic (exact) mass is 259 g/mol. The maximum Gasteiger partial charge on any atom is 0.146 e. The van der Waals surface area contributed by atoms with Crippen LogP contribution in [-0.4, -0.2) is 6.17 Å². The number of benzene rings is 2. The van der Waals surface area contributed by atoms with Gasteiger partial charge >= 0.3 is 0 Å². The summed E-state index contributed by atoms with van der Waals surface area (Å²) in [5.41, 5.74) is 0.845. The Morgan fingerprint density at radius 1 is 1.00 bits per heavy atom. The molecule has 1 nitrogen and oxygen atoms in total. The minimum Gasteiger partial charge on any atom is -0.273 e. The number of nitrogens with zero attached hydrogens (tertiary/aromatic N) is 1. The first-order chi connectivity index (χ1) is 8.74. The average Bonchev–Trinajstić information content (AvgIpc) is 2.39. The van der Waals surface area contributed by atoms with Crippen LogP contribution in [0.15, 0.2) is 53.5 Å². The van der Waals surface area contributed by atoms with Crippen LogP contribution in [0.1, 0.15) is 11.6 Å². The lowest BCUT2D eigenvalue weighted by atomic mass is 10.00. The molecule has 0 bridgehead atoms. The van der Waals surface area contributed by atoms with Gasteiger partial charge in [0.25, 0.3) is 0 Å². The van der Waals surface area contributed by atoms with Crippen LogP contribution in [0.25, 0.3) is 6.08 Å². The zero-order valence-electron chi connectivity index (χ0n) is 9.55. The molecule has 3 rings (SSSR count). The van der Waals surface area contributed by atoms with Gasteiger partial charge in [-0.05, 0) is 35.1 Å². The third kappa shape index (κ3) is 2.04. The van der Waals surface area contributed by atoms with Crippen molar-refractivity contribution in [3.05, 3.63) is 69.7 Å². The lowest BCUT2D eigenvalue weighted by Gasteiger charge is -2.18. The molecule has 0 aromatic heterocycles. The SMILES string of the molecule is FC1C=c2ccccc2=NC1c1ccc(Cl)cc1. The first-order valence-corrected chi connectivity index (χ1v) is 6.16. The molecule has 1 aliphatic rings. The molecule has 0 N–H and O–H groups in total. The molecule has 2 atom stereocenters. The molecule has 0 radical (unpaired) electrons. The summed E-state index contributed by atoms with van der Waals surface area (Å²) in [7, 11) is 0. The fourth-order valence-electron chi connectivity index (χ4n) is 2.15. The summed E-state index contributed by atoms with van der Waals surface area (Å²) >= 11 is 5.84. The van der Waals surface area contributed by atoms with E-state index in [2.05, 4.69) is 4.99 Å². The van der Waals surface area contributed by atoms with Crippen molar-refractivity contribution in [3.8, 4) is 0 Å². The Hall–Kier alpha value is -1.67. The Balaban J connectivity index is 2.10. The molecule has 1 heterocycles. The van der Waals surface area contributed by atoms with Gasteiger partial charge in [-0.2, -0.15) is 0 Å². The molecule has 2 unspecified atom stereocenters. The first-order valence-electron chi connectivity index (χ1n) is 5.78. The van der Waals surface area contributed by atoms with Crippen LogP contribution in [0.5, 0.6) is 0 Å². The van der Waals surface area contributed by atoms with E-state index < -0.39 is 12.2 Å². The summed E-state index contributed by atoms with van der Waals surface area (Å²) in [5, 5.41) is 2.34. The van der Waals surface area contributed by atoms with Gasteiger partial charge in [0.2, 0.25) is 0 Å². The third-order valence-corrected chi connectivity index (χ3v) is 3.32. The van der Waals surface area contributed by atoms with Crippen LogP contribution in [0.3, 0.4) is 0 Å². The van der Waals surface area contributed by atoms with Gasteiger partial charge in [-0.15, -0.1) is 0 Å². The van der Waals surface area contributed by atoms with Crippen molar-refractivity contribution in [1.82, 2.24) is 0 Å². The van der Waals surface area contributed by atoms with E-state index in [0.717, 1.165) is 16.1 Å². The topological polar surface area (TPSA) is 12.4 Å². The minimum atomic E-state index is -1.10. The fourth-order valence-corrected chi connectivity index (χ4v) is 2.27. The second kappa shape index (κ2) is 4.54. The lowest BCUT2D eigenvalue weighted by Crippen LogP contribution is -2.33. The van der Waals surface area contributed by atoms with E-state index in [9.17, 15) is 4.39 Å². The molecule has 0 saturated heterocycles. The Morgan fingerprint density at radius 2 is 1.72 bits per heavy atom. The van der Waals surface area contributed by atoms with Crippen molar-refractivity contribution in [2.45, 2.75) is 12.2 Å². The largest absolute Gasteiger partial charge is 0.273 e. The van der Waals surface area contributed by atoms with Crippen LogP contribution in [0.4, 0.5) is 4.39 Å². The maximum absolute atomic E-state index is 14.1. The van der Waals surface area contributed by atoms with Gasteiger partial charge in [-0.25, -0.2) is 4.39 Å². The van der Waals surface area contributed by atoms with Crippen LogP contribution in [0, 0.1) is 0 Å². The molecule has 3 heteroatoms. The van der Waals surface area contributed by atoms with Gasteiger partial charge in [-0.1, -0.05) is 41.9 Å². The molecule has 0 spiro atoms. The number of fused-ring (bicyclic) bond motifs is 1. The van der Waals surface area contributed by atoms with Crippen molar-refractivity contribution < 1.29 is 4.39 Å². The molecule has 0 amide bonds. The predicted molar refractivity (Wildman–Crippen MR) is 70.8 cm³/mol. The highest BCUT2D eigenvalue weighted by molar-refractivity contribution is 6.30. The highest BCUT2D eigenvalue weighted by atomic mass is 35.5. The van der Waals surface area contributed by atoms with E-state index in [0.29, 0.717) is 5.02 Å². The molecule has 2 aromatic rings. The van der Waals surface area contributed by atoms with E-state index in [1.54, 1.807) is 18.2 Å². The minimum absolute atomic E-state index is 0.475. The van der Waals surface area contributed by atoms with Gasteiger partial charge in [0.1, 0.15) is 12.2 Å². The zero-order chi connectivity index (χ0) is 12.5. The molecule has 1 aliphatic heterocycles. The Kier molecular flexibility index (Phi) is 2.88. The zero-order valence-corrected chi connectivity index (χ0v) is 10.3. The summed E-state index contributed by atoms with van der Waals surface area (Å²) < 4.78 is 14.1. The lowest BCUT2D eigenvalue weighted by molar-refractivity contribution is 0.356. The Morgan fingerprint density at radius 3 is 2.50 bits per heavy atom. The average molecular weight is 260 g/mol. The summed E-state index contributed by atoms with van der Waals surface area (Å²) in [5.74, 6) is 0. The van der Waals surface area contributed by atoms with Gasteiger partial charge in [-0.3, -0.25) is 4.99 Å². The summed E-state index contributed by atoms with van der Waals surface area (Å²) in [6.07, 6.45) is 0.530. The number of hydrogen-bond acceptors (Lipinski definition) is 1. The van der Waals surface area contributed by atoms with Crippen molar-refractivity contribution in [3.63, 3.8) is 0 Å². The van der Waals surface area contributed by atoms with Gasteiger partial charge < -0.3 is 0 Å². The standard InChI is InChI=1S/C15H11ClFN/c16-12-7-5-10(6-8-12)15-13(17)9-11-3-1-2-4-14(11)18-15/h1-9,13,15H. The summed E-state index contributed by atoms with van der Waals surface area (Å²) in [6, 6.07) is 14.3. The molecule has 18 heavy (non-hydrogen) atoms. The van der Waals surface area contributed by atoms with Gasteiger partial charge in [0, 0.05) is 5.02 Å². The highest BCUT2D eigenvalue weighted by Crippen LogP contribution is 2.26. The maximum atomic E-state index is 14.1. The van der Waals surface area contributed by atoms with E-state index in [4.69, 9.17) is 11.6 Å². The number of rotatable bonds is 1. The molecule has 0 saturated carbocycles. The quantitative estimate of drug-likeness (QED) is 0.747. The predicted octanol–water partition coefficient (Wildman–Crippen LogP) is 2.83. The second-order valence-electron chi connectivity index (χ2n) is 4.30. The molecule has 0 fully saturated rings. The molecule has 0 aliphatic carbocycles. The fraction of sp³-hybridized carbons (Fsp3) is 0.133. The van der Waals surface area contributed by atoms with Crippen LogP contribution >= 0.6 is 11.6 Å². The summed E-state index contributed by atoms with van der Waals surface area (Å²) in [4.78, 5) is 4.48. The summed E-state index contributed by atoms with van der Waals surface area (Å²) in [6.45, 7) is 0. The van der Waals surface area contributed by atoms with Crippen molar-refractivity contribution in [2.24, 2.45) is 4.99 Å². The Labute approximate surface area is 109 Å². The normalized spacial score (nSPS) is 21.7. The van der Waals surface area contributed by atoms with E-state index in [1.807, 2.05) is 36.4 Å². The van der Waals surface area contributed by atoms with Crippen molar-refractivity contribution >= 4 is 17.7 Å². The molecular formula is C15H11ClFN. The van der Waals surface area contributed by atoms with Crippen molar-refractivity contribution in [1.29, 1.82) is 0 Å². The number of halogens is 2. The Bertz CT molecular complexity index is 678. The van der Waals surface area contributed by atoms with Gasteiger partial charge in [0.05, 0.1) is 5.36 Å². The molecule has 2 aromatic carbocycles. The van der Waals surface area contributed by atoms with Crippen LogP contribution in [-0.2, 0) is 0 Å². The van der Waals surface area contributed by atoms with Crippen LogP contribution in [0.2, 0.25) is 5.02 Å². The molecule has 90 valence electrons. The van der Waals surface area contributed by atoms with E-state index in [-0.39, 0.29) is 0 Å². The third-order valence-electron chi connectivity index (χ3n) is 3.07. The second-order valence-corrected chi connectivity index (χ2v) is 4.73. The highest BCUT2D eigenvalue weighted by Gasteiger charge is 2.22. The molecular weight excluding hydrogens is 249 g/mol. The number of alkyl halides is 1. The van der Waals surface area contributed by atoms with Crippen LogP contribution < -0.4 is 10.6 Å². The van der Waals surface area contributed by atoms with Crippen molar-refractivity contribution in [2.75, 3.05) is 0 Å². The first kappa shape index (κ1) is 11.4. The smallest absolute Gasteiger partial charge is 0.146 e. The van der Waals surface area contributed by atoms with Gasteiger partial charge in [0.15, 0.2) is 0 Å². The van der Waals surface area contributed by atoms with E-state index >= 15 is 0 Å². The number of hydrogen-bond donors (Lipinski definition) is 0.